The fourth-order valence-corrected chi connectivity index (χ4v) is 2.00. The van der Waals surface area contributed by atoms with E-state index in [2.05, 4.69) is 22.0 Å². The summed E-state index contributed by atoms with van der Waals surface area (Å²) >= 11 is 0. The third-order valence-corrected chi connectivity index (χ3v) is 2.94. The second kappa shape index (κ2) is 5.68. The van der Waals surface area contributed by atoms with E-state index in [1.165, 1.54) is 0 Å². The monoisotopic (exact) mass is 250 g/mol. The Bertz CT molecular complexity index is 419. The van der Waals surface area contributed by atoms with Gasteiger partial charge in [-0.3, -0.25) is 4.98 Å². The van der Waals surface area contributed by atoms with Crippen molar-refractivity contribution in [1.29, 1.82) is 0 Å². The van der Waals surface area contributed by atoms with Crippen LogP contribution in [0.4, 0.5) is 5.69 Å². The minimum Gasteiger partial charge on any atom is -0.409 e. The Balaban J connectivity index is 2.13. The number of pyridine rings is 1. The largest absolute Gasteiger partial charge is 0.409 e. The third kappa shape index (κ3) is 2.89. The predicted molar refractivity (Wildman–Crippen MR) is 69.0 cm³/mol. The molecule has 18 heavy (non-hydrogen) atoms. The summed E-state index contributed by atoms with van der Waals surface area (Å²) in [6.07, 6.45) is 2.97. The smallest absolute Gasteiger partial charge is 0.188 e. The zero-order chi connectivity index (χ0) is 13.0. The number of anilines is 1. The molecule has 1 atom stereocenters. The number of nitrogens with two attached hydrogens (primary N) is 1. The number of amidine groups is 1. The summed E-state index contributed by atoms with van der Waals surface area (Å²) in [4.78, 5) is 6.42. The summed E-state index contributed by atoms with van der Waals surface area (Å²) in [5, 5.41) is 11.5. The molecule has 0 saturated carbocycles. The van der Waals surface area contributed by atoms with Crippen molar-refractivity contribution in [3.05, 3.63) is 24.0 Å². The zero-order valence-electron chi connectivity index (χ0n) is 10.4. The molecule has 98 valence electrons. The third-order valence-electron chi connectivity index (χ3n) is 2.94. The highest BCUT2D eigenvalue weighted by atomic mass is 16.5. The molecule has 0 aromatic carbocycles. The Morgan fingerprint density at radius 2 is 2.44 bits per heavy atom. The standard InChI is InChI=1S/C12H18N4O2/c1-9-8-16(5-2-6-18-9)10-3-4-11(14-7-10)12(13)15-17/h3-4,7,9,17H,2,5-6,8H2,1H3,(H2,13,15). The number of rotatable bonds is 2. The molecule has 1 saturated heterocycles. The minimum absolute atomic E-state index is 0.0223. The number of nitrogens with zero attached hydrogens (tertiary/aromatic N) is 3. The van der Waals surface area contributed by atoms with Gasteiger partial charge in [-0.05, 0) is 25.5 Å². The van der Waals surface area contributed by atoms with Crippen LogP contribution in [0.2, 0.25) is 0 Å². The van der Waals surface area contributed by atoms with E-state index < -0.39 is 0 Å². The van der Waals surface area contributed by atoms with Crippen molar-refractivity contribution in [2.75, 3.05) is 24.6 Å². The highest BCUT2D eigenvalue weighted by Gasteiger charge is 2.15. The van der Waals surface area contributed by atoms with Crippen molar-refractivity contribution in [2.24, 2.45) is 10.9 Å². The fourth-order valence-electron chi connectivity index (χ4n) is 2.00. The average molecular weight is 250 g/mol. The molecule has 1 aliphatic rings. The van der Waals surface area contributed by atoms with Crippen molar-refractivity contribution in [3.63, 3.8) is 0 Å². The second-order valence-electron chi connectivity index (χ2n) is 4.37. The molecular formula is C12H18N4O2. The van der Waals surface area contributed by atoms with Gasteiger partial charge in [0.15, 0.2) is 5.84 Å². The molecule has 0 radical (unpaired) electrons. The maximum atomic E-state index is 8.57. The van der Waals surface area contributed by atoms with Gasteiger partial charge < -0.3 is 20.6 Å². The number of hydrogen-bond acceptors (Lipinski definition) is 5. The highest BCUT2D eigenvalue weighted by Crippen LogP contribution is 2.17. The lowest BCUT2D eigenvalue weighted by Crippen LogP contribution is -2.30. The first-order valence-corrected chi connectivity index (χ1v) is 6.01. The van der Waals surface area contributed by atoms with Crippen LogP contribution in [0.1, 0.15) is 19.0 Å². The molecule has 0 spiro atoms. The molecule has 1 aromatic rings. The van der Waals surface area contributed by atoms with Gasteiger partial charge in [-0.15, -0.1) is 0 Å². The second-order valence-corrected chi connectivity index (χ2v) is 4.37. The lowest BCUT2D eigenvalue weighted by Gasteiger charge is -2.23. The van der Waals surface area contributed by atoms with Crippen LogP contribution in [0.5, 0.6) is 0 Å². The Kier molecular flexibility index (Phi) is 3.99. The first-order valence-electron chi connectivity index (χ1n) is 6.01. The fraction of sp³-hybridized carbons (Fsp3) is 0.500. The van der Waals surface area contributed by atoms with E-state index in [1.807, 2.05) is 6.07 Å². The van der Waals surface area contributed by atoms with Gasteiger partial charge in [-0.1, -0.05) is 5.16 Å². The lowest BCUT2D eigenvalue weighted by molar-refractivity contribution is 0.0821. The van der Waals surface area contributed by atoms with Crippen molar-refractivity contribution in [1.82, 2.24) is 4.98 Å². The summed E-state index contributed by atoms with van der Waals surface area (Å²) in [6.45, 7) is 4.67. The number of aromatic nitrogens is 1. The molecule has 1 fully saturated rings. The highest BCUT2D eigenvalue weighted by molar-refractivity contribution is 5.95. The molecule has 0 bridgehead atoms. The molecule has 2 heterocycles. The van der Waals surface area contributed by atoms with E-state index in [1.54, 1.807) is 12.3 Å². The van der Waals surface area contributed by atoms with Gasteiger partial charge in [-0.25, -0.2) is 0 Å². The van der Waals surface area contributed by atoms with Gasteiger partial charge in [0.05, 0.1) is 18.0 Å². The van der Waals surface area contributed by atoms with Crippen molar-refractivity contribution < 1.29 is 9.94 Å². The molecule has 3 N–H and O–H groups in total. The maximum Gasteiger partial charge on any atom is 0.188 e. The predicted octanol–water partition coefficient (Wildman–Crippen LogP) is 0.791. The number of ether oxygens (including phenoxy) is 1. The summed E-state index contributed by atoms with van der Waals surface area (Å²) < 4.78 is 5.60. The van der Waals surface area contributed by atoms with E-state index in [0.29, 0.717) is 5.69 Å². The normalized spacial score (nSPS) is 21.7. The quantitative estimate of drug-likeness (QED) is 0.351. The van der Waals surface area contributed by atoms with Crippen LogP contribution in [-0.4, -0.2) is 41.8 Å². The molecule has 6 heteroatoms. The van der Waals surface area contributed by atoms with E-state index in [0.717, 1.165) is 31.8 Å². The van der Waals surface area contributed by atoms with Gasteiger partial charge in [0.25, 0.3) is 0 Å². The maximum absolute atomic E-state index is 8.57. The van der Waals surface area contributed by atoms with Gasteiger partial charge in [0, 0.05) is 19.7 Å². The SMILES string of the molecule is CC1CN(c2ccc(/C(N)=N/O)nc2)CCCO1. The summed E-state index contributed by atoms with van der Waals surface area (Å²) in [6, 6.07) is 3.68. The molecular weight excluding hydrogens is 232 g/mol. The number of oxime groups is 1. The minimum atomic E-state index is 0.0223. The van der Waals surface area contributed by atoms with Crippen LogP contribution < -0.4 is 10.6 Å². The van der Waals surface area contributed by atoms with Crippen LogP contribution in [0.15, 0.2) is 23.5 Å². The van der Waals surface area contributed by atoms with E-state index >= 15 is 0 Å². The topological polar surface area (TPSA) is 84.0 Å². The Morgan fingerprint density at radius 3 is 3.11 bits per heavy atom. The molecule has 6 nitrogen and oxygen atoms in total. The molecule has 2 rings (SSSR count). The van der Waals surface area contributed by atoms with E-state index in [9.17, 15) is 0 Å². The first-order chi connectivity index (χ1) is 8.70. The Labute approximate surface area is 106 Å². The van der Waals surface area contributed by atoms with Crippen molar-refractivity contribution in [2.45, 2.75) is 19.4 Å². The Hall–Kier alpha value is -1.82. The van der Waals surface area contributed by atoms with E-state index in [-0.39, 0.29) is 11.9 Å². The van der Waals surface area contributed by atoms with Crippen LogP contribution in [0, 0.1) is 0 Å². The molecule has 1 unspecified atom stereocenters. The lowest BCUT2D eigenvalue weighted by atomic mass is 10.2. The zero-order valence-corrected chi connectivity index (χ0v) is 10.4. The van der Waals surface area contributed by atoms with Gasteiger partial charge in [0.1, 0.15) is 5.69 Å². The van der Waals surface area contributed by atoms with Crippen LogP contribution in [0.3, 0.4) is 0 Å². The first kappa shape index (κ1) is 12.6. The molecule has 1 aliphatic heterocycles. The van der Waals surface area contributed by atoms with E-state index in [4.69, 9.17) is 15.7 Å². The van der Waals surface area contributed by atoms with Crippen LogP contribution in [0.25, 0.3) is 0 Å². The van der Waals surface area contributed by atoms with Crippen molar-refractivity contribution >= 4 is 11.5 Å². The van der Waals surface area contributed by atoms with Crippen molar-refractivity contribution in [3.8, 4) is 0 Å². The Morgan fingerprint density at radius 1 is 1.61 bits per heavy atom. The molecule has 0 aliphatic carbocycles. The molecule has 1 aromatic heterocycles. The summed E-state index contributed by atoms with van der Waals surface area (Å²) in [5.41, 5.74) is 6.98. The van der Waals surface area contributed by atoms with Crippen LogP contribution >= 0.6 is 0 Å². The summed E-state index contributed by atoms with van der Waals surface area (Å²) in [7, 11) is 0. The molecule has 0 amide bonds. The van der Waals surface area contributed by atoms with Gasteiger partial charge >= 0.3 is 0 Å². The number of hydrogen-bond donors (Lipinski definition) is 2. The average Bonchev–Trinajstić information content (AvgIpc) is 2.63. The summed E-state index contributed by atoms with van der Waals surface area (Å²) in [5.74, 6) is 0.0223. The van der Waals surface area contributed by atoms with Crippen LogP contribution in [-0.2, 0) is 4.74 Å². The van der Waals surface area contributed by atoms with Gasteiger partial charge in [-0.2, -0.15) is 0 Å². The van der Waals surface area contributed by atoms with Gasteiger partial charge in [0.2, 0.25) is 0 Å².